The standard InChI is InChI=1S/C16H19NOS2/c1-3-14(20-15-10-7-11-19-15)16(18)17-12(2)13-8-5-4-6-9-13/h4-12,14H,3H2,1-2H3,(H,17,18). The molecule has 1 aromatic carbocycles. The van der Waals surface area contributed by atoms with Crippen LogP contribution in [-0.4, -0.2) is 11.2 Å². The summed E-state index contributed by atoms with van der Waals surface area (Å²) in [7, 11) is 0. The molecule has 1 aromatic heterocycles. The number of rotatable bonds is 6. The van der Waals surface area contributed by atoms with Crippen LogP contribution in [0.5, 0.6) is 0 Å². The second-order valence-electron chi connectivity index (χ2n) is 4.59. The Bertz CT molecular complexity index is 525. The Kier molecular flexibility index (Phi) is 5.68. The summed E-state index contributed by atoms with van der Waals surface area (Å²) in [6.45, 7) is 4.08. The first-order valence-corrected chi connectivity index (χ1v) is 8.52. The Hall–Kier alpha value is -1.26. The summed E-state index contributed by atoms with van der Waals surface area (Å²) < 4.78 is 1.19. The fourth-order valence-corrected chi connectivity index (χ4v) is 3.89. The molecule has 2 nitrogen and oxygen atoms in total. The Morgan fingerprint density at radius 3 is 2.60 bits per heavy atom. The smallest absolute Gasteiger partial charge is 0.233 e. The zero-order valence-electron chi connectivity index (χ0n) is 11.7. The molecule has 106 valence electrons. The van der Waals surface area contributed by atoms with Gasteiger partial charge in [0.1, 0.15) is 0 Å². The predicted octanol–water partition coefficient (Wildman–Crippen LogP) is 4.50. The molecule has 4 heteroatoms. The summed E-state index contributed by atoms with van der Waals surface area (Å²) in [5.41, 5.74) is 1.14. The molecule has 0 fully saturated rings. The molecule has 1 heterocycles. The number of carbonyl (C=O) groups is 1. The van der Waals surface area contributed by atoms with Gasteiger partial charge in [0.25, 0.3) is 0 Å². The van der Waals surface area contributed by atoms with Crippen LogP contribution < -0.4 is 5.32 Å². The summed E-state index contributed by atoms with van der Waals surface area (Å²) in [5, 5.41) is 5.12. The van der Waals surface area contributed by atoms with E-state index in [-0.39, 0.29) is 17.2 Å². The van der Waals surface area contributed by atoms with Gasteiger partial charge in [-0.05, 0) is 30.4 Å². The molecule has 0 spiro atoms. The van der Waals surface area contributed by atoms with Gasteiger partial charge in [-0.25, -0.2) is 0 Å². The summed E-state index contributed by atoms with van der Waals surface area (Å²) >= 11 is 3.33. The Morgan fingerprint density at radius 1 is 1.25 bits per heavy atom. The molecule has 0 saturated carbocycles. The van der Waals surface area contributed by atoms with Gasteiger partial charge < -0.3 is 5.32 Å². The van der Waals surface area contributed by atoms with Crippen molar-refractivity contribution in [2.75, 3.05) is 0 Å². The van der Waals surface area contributed by atoms with Crippen molar-refractivity contribution >= 4 is 29.0 Å². The fraction of sp³-hybridized carbons (Fsp3) is 0.312. The monoisotopic (exact) mass is 305 g/mol. The minimum Gasteiger partial charge on any atom is -0.349 e. The van der Waals surface area contributed by atoms with Gasteiger partial charge in [0.15, 0.2) is 0 Å². The number of amides is 1. The maximum Gasteiger partial charge on any atom is 0.233 e. The van der Waals surface area contributed by atoms with Gasteiger partial charge in [-0.15, -0.1) is 23.1 Å². The number of nitrogens with one attached hydrogen (secondary N) is 1. The van der Waals surface area contributed by atoms with Gasteiger partial charge in [0, 0.05) is 0 Å². The summed E-state index contributed by atoms with van der Waals surface area (Å²) in [6, 6.07) is 14.2. The van der Waals surface area contributed by atoms with E-state index in [0.29, 0.717) is 0 Å². The van der Waals surface area contributed by atoms with Gasteiger partial charge in [0.05, 0.1) is 15.5 Å². The molecular weight excluding hydrogens is 286 g/mol. The lowest BCUT2D eigenvalue weighted by Crippen LogP contribution is -2.34. The minimum atomic E-state index is -0.0280. The molecule has 0 aliphatic rings. The van der Waals surface area contributed by atoms with Crippen molar-refractivity contribution in [1.82, 2.24) is 5.32 Å². The van der Waals surface area contributed by atoms with Gasteiger partial charge >= 0.3 is 0 Å². The van der Waals surface area contributed by atoms with E-state index >= 15 is 0 Å². The number of hydrogen-bond donors (Lipinski definition) is 1. The maximum absolute atomic E-state index is 12.4. The first-order chi connectivity index (χ1) is 9.70. The molecular formula is C16H19NOS2. The fourth-order valence-electron chi connectivity index (χ4n) is 1.92. The van der Waals surface area contributed by atoms with E-state index in [0.717, 1.165) is 12.0 Å². The first-order valence-electron chi connectivity index (χ1n) is 6.76. The SMILES string of the molecule is CCC(Sc1cccs1)C(=O)NC(C)c1ccccc1. The van der Waals surface area contributed by atoms with Gasteiger partial charge in [-0.2, -0.15) is 0 Å². The molecule has 0 saturated heterocycles. The molecule has 1 amide bonds. The molecule has 0 aliphatic carbocycles. The second-order valence-corrected chi connectivity index (χ2v) is 7.04. The number of thioether (sulfide) groups is 1. The third-order valence-electron chi connectivity index (χ3n) is 3.08. The van der Waals surface area contributed by atoms with Crippen molar-refractivity contribution in [2.24, 2.45) is 0 Å². The van der Waals surface area contributed by atoms with Crippen LogP contribution in [0.15, 0.2) is 52.1 Å². The summed E-state index contributed by atoms with van der Waals surface area (Å²) in [4.78, 5) is 12.4. The Balaban J connectivity index is 1.95. The molecule has 0 aliphatic heterocycles. The normalized spacial score (nSPS) is 13.7. The van der Waals surface area contributed by atoms with Gasteiger partial charge in [-0.1, -0.05) is 43.3 Å². The number of thiophene rings is 1. The van der Waals surface area contributed by atoms with Crippen LogP contribution in [0, 0.1) is 0 Å². The molecule has 20 heavy (non-hydrogen) atoms. The lowest BCUT2D eigenvalue weighted by molar-refractivity contribution is -0.121. The quantitative estimate of drug-likeness (QED) is 0.796. The lowest BCUT2D eigenvalue weighted by atomic mass is 10.1. The molecule has 0 bridgehead atoms. The van der Waals surface area contributed by atoms with Crippen LogP contribution in [0.3, 0.4) is 0 Å². The van der Waals surface area contributed by atoms with Gasteiger partial charge in [-0.3, -0.25) is 4.79 Å². The highest BCUT2D eigenvalue weighted by molar-refractivity contribution is 8.02. The highest BCUT2D eigenvalue weighted by Gasteiger charge is 2.20. The predicted molar refractivity (Wildman–Crippen MR) is 87.3 cm³/mol. The van der Waals surface area contributed by atoms with E-state index in [2.05, 4.69) is 18.3 Å². The van der Waals surface area contributed by atoms with Crippen LogP contribution in [-0.2, 0) is 4.79 Å². The van der Waals surface area contributed by atoms with E-state index in [4.69, 9.17) is 0 Å². The topological polar surface area (TPSA) is 29.1 Å². The summed E-state index contributed by atoms with van der Waals surface area (Å²) in [5.74, 6) is 0.113. The van der Waals surface area contributed by atoms with Crippen LogP contribution in [0.2, 0.25) is 0 Å². The van der Waals surface area contributed by atoms with Crippen molar-refractivity contribution in [3.63, 3.8) is 0 Å². The second kappa shape index (κ2) is 7.50. The van der Waals surface area contributed by atoms with E-state index in [9.17, 15) is 4.79 Å². The van der Waals surface area contributed by atoms with Crippen molar-refractivity contribution in [3.8, 4) is 0 Å². The molecule has 1 N–H and O–H groups in total. The Labute approximate surface area is 128 Å². The minimum absolute atomic E-state index is 0.0280. The molecule has 0 radical (unpaired) electrons. The molecule has 2 atom stereocenters. The molecule has 2 unspecified atom stereocenters. The van der Waals surface area contributed by atoms with Crippen molar-refractivity contribution < 1.29 is 4.79 Å². The van der Waals surface area contributed by atoms with E-state index < -0.39 is 0 Å². The summed E-state index contributed by atoms with van der Waals surface area (Å²) in [6.07, 6.45) is 0.829. The average molecular weight is 305 g/mol. The van der Waals surface area contributed by atoms with E-state index in [1.165, 1.54) is 4.21 Å². The van der Waals surface area contributed by atoms with Crippen molar-refractivity contribution in [1.29, 1.82) is 0 Å². The van der Waals surface area contributed by atoms with Crippen molar-refractivity contribution in [2.45, 2.75) is 35.8 Å². The highest BCUT2D eigenvalue weighted by atomic mass is 32.2. The lowest BCUT2D eigenvalue weighted by Gasteiger charge is -2.19. The zero-order chi connectivity index (χ0) is 14.4. The van der Waals surface area contributed by atoms with E-state index in [1.807, 2.05) is 48.7 Å². The van der Waals surface area contributed by atoms with Crippen LogP contribution >= 0.6 is 23.1 Å². The third kappa shape index (κ3) is 4.12. The van der Waals surface area contributed by atoms with Crippen molar-refractivity contribution in [3.05, 3.63) is 53.4 Å². The number of hydrogen-bond acceptors (Lipinski definition) is 3. The zero-order valence-corrected chi connectivity index (χ0v) is 13.3. The number of carbonyl (C=O) groups excluding carboxylic acids is 1. The number of benzene rings is 1. The van der Waals surface area contributed by atoms with Gasteiger partial charge in [0.2, 0.25) is 5.91 Å². The maximum atomic E-state index is 12.4. The Morgan fingerprint density at radius 2 is 2.00 bits per heavy atom. The molecule has 2 aromatic rings. The highest BCUT2D eigenvalue weighted by Crippen LogP contribution is 2.29. The molecule has 2 rings (SSSR count). The average Bonchev–Trinajstić information content (AvgIpc) is 2.98. The largest absolute Gasteiger partial charge is 0.349 e. The third-order valence-corrected chi connectivity index (χ3v) is 5.51. The van der Waals surface area contributed by atoms with Crippen LogP contribution in [0.25, 0.3) is 0 Å². The van der Waals surface area contributed by atoms with Crippen LogP contribution in [0.1, 0.15) is 31.9 Å². The van der Waals surface area contributed by atoms with Crippen LogP contribution in [0.4, 0.5) is 0 Å². The van der Waals surface area contributed by atoms with E-state index in [1.54, 1.807) is 23.1 Å². The first kappa shape index (κ1) is 15.1.